The van der Waals surface area contributed by atoms with E-state index in [0.29, 0.717) is 10.0 Å². The van der Waals surface area contributed by atoms with Crippen molar-refractivity contribution in [3.8, 4) is 5.69 Å². The molecule has 0 aliphatic carbocycles. The van der Waals surface area contributed by atoms with Gasteiger partial charge in [0.05, 0.1) is 32.7 Å². The van der Waals surface area contributed by atoms with Crippen molar-refractivity contribution in [1.29, 1.82) is 0 Å². The van der Waals surface area contributed by atoms with Gasteiger partial charge >= 0.3 is 0 Å². The van der Waals surface area contributed by atoms with Crippen LogP contribution in [0.1, 0.15) is 61.3 Å². The number of carbonyl (C=O) groups excluding carboxylic acids is 1. The zero-order valence-electron chi connectivity index (χ0n) is 17.2. The van der Waals surface area contributed by atoms with Gasteiger partial charge in [-0.3, -0.25) is 4.79 Å². The van der Waals surface area contributed by atoms with Gasteiger partial charge in [-0.15, -0.1) is 0 Å². The van der Waals surface area contributed by atoms with Crippen LogP contribution in [-0.2, 0) is 0 Å². The van der Waals surface area contributed by atoms with Crippen molar-refractivity contribution in [3.05, 3.63) is 45.2 Å². The molecule has 1 aliphatic rings. The van der Waals surface area contributed by atoms with Gasteiger partial charge in [-0.1, -0.05) is 50.9 Å². The van der Waals surface area contributed by atoms with Gasteiger partial charge < -0.3 is 9.80 Å². The number of amides is 1. The molecule has 0 bridgehead atoms. The molecule has 0 N–H and O–H groups in total. The Kier molecular flexibility index (Phi) is 6.37. The van der Waals surface area contributed by atoms with Crippen molar-refractivity contribution in [3.63, 3.8) is 0 Å². The summed E-state index contributed by atoms with van der Waals surface area (Å²) < 4.78 is 1.87. The van der Waals surface area contributed by atoms with Crippen molar-refractivity contribution in [2.24, 2.45) is 0 Å². The summed E-state index contributed by atoms with van der Waals surface area (Å²) in [5.41, 5.74) is 3.31. The molecule has 1 amide bonds. The van der Waals surface area contributed by atoms with E-state index < -0.39 is 0 Å². The van der Waals surface area contributed by atoms with Crippen LogP contribution in [0, 0.1) is 0 Å². The molecule has 2 aromatic rings. The summed E-state index contributed by atoms with van der Waals surface area (Å²) in [6.07, 6.45) is 0. The molecule has 152 valence electrons. The molecule has 28 heavy (non-hydrogen) atoms. The Bertz CT molecular complexity index is 868. The van der Waals surface area contributed by atoms with Crippen molar-refractivity contribution in [2.45, 2.75) is 39.5 Å². The predicted octanol–water partition coefficient (Wildman–Crippen LogP) is 4.81. The van der Waals surface area contributed by atoms with Crippen LogP contribution in [-0.4, -0.2) is 58.7 Å². The van der Waals surface area contributed by atoms with E-state index >= 15 is 0 Å². The molecule has 0 spiro atoms. The minimum absolute atomic E-state index is 0.0758. The van der Waals surface area contributed by atoms with E-state index in [-0.39, 0.29) is 17.7 Å². The van der Waals surface area contributed by atoms with Gasteiger partial charge in [0.2, 0.25) is 0 Å². The molecular formula is C21H28Cl2N4O. The van der Waals surface area contributed by atoms with Gasteiger partial charge in [0.1, 0.15) is 0 Å². The van der Waals surface area contributed by atoms with E-state index in [9.17, 15) is 4.79 Å². The number of hydrogen-bond donors (Lipinski definition) is 0. The largest absolute Gasteiger partial charge is 0.336 e. The fraction of sp³-hybridized carbons (Fsp3) is 0.524. The van der Waals surface area contributed by atoms with Gasteiger partial charge in [-0.25, -0.2) is 4.68 Å². The minimum atomic E-state index is 0.0758. The second-order valence-corrected chi connectivity index (χ2v) is 8.87. The molecule has 1 aromatic carbocycles. The zero-order valence-corrected chi connectivity index (χ0v) is 18.7. The lowest BCUT2D eigenvalue weighted by atomic mass is 9.97. The Balaban J connectivity index is 2.13. The molecular weight excluding hydrogens is 395 g/mol. The number of nitrogens with zero attached hydrogens (tertiary/aromatic N) is 4. The lowest BCUT2D eigenvalue weighted by Gasteiger charge is -2.33. The fourth-order valence-electron chi connectivity index (χ4n) is 3.59. The number of hydrogen-bond acceptors (Lipinski definition) is 3. The molecule has 3 rings (SSSR count). The summed E-state index contributed by atoms with van der Waals surface area (Å²) in [7, 11) is 2.09. The summed E-state index contributed by atoms with van der Waals surface area (Å²) in [6.45, 7) is 11.6. The first kappa shape index (κ1) is 21.2. The number of carbonyl (C=O) groups is 1. The number of piperazine rings is 1. The minimum Gasteiger partial charge on any atom is -0.336 e. The van der Waals surface area contributed by atoms with E-state index in [1.54, 1.807) is 12.1 Å². The van der Waals surface area contributed by atoms with Crippen LogP contribution in [0.5, 0.6) is 0 Å². The first-order valence-corrected chi connectivity index (χ1v) is 10.5. The highest BCUT2D eigenvalue weighted by molar-refractivity contribution is 6.42. The van der Waals surface area contributed by atoms with Gasteiger partial charge in [0, 0.05) is 26.2 Å². The average Bonchev–Trinajstić information content (AvgIpc) is 3.05. The van der Waals surface area contributed by atoms with E-state index in [2.05, 4.69) is 39.6 Å². The second kappa shape index (κ2) is 8.44. The number of rotatable bonds is 4. The smallest absolute Gasteiger partial charge is 0.257 e. The molecule has 2 heterocycles. The van der Waals surface area contributed by atoms with Crippen LogP contribution >= 0.6 is 23.2 Å². The van der Waals surface area contributed by atoms with Gasteiger partial charge in [0.25, 0.3) is 5.91 Å². The molecule has 1 aromatic heterocycles. The monoisotopic (exact) mass is 422 g/mol. The molecule has 0 saturated carbocycles. The molecule has 0 radical (unpaired) electrons. The first-order valence-electron chi connectivity index (χ1n) is 9.76. The molecule has 1 saturated heterocycles. The zero-order chi connectivity index (χ0) is 20.6. The second-order valence-electron chi connectivity index (χ2n) is 8.06. The summed E-state index contributed by atoms with van der Waals surface area (Å²) in [4.78, 5) is 17.7. The average molecular weight is 423 g/mol. The van der Waals surface area contributed by atoms with Crippen molar-refractivity contribution < 1.29 is 4.79 Å². The Hall–Kier alpha value is -1.56. The molecule has 7 heteroatoms. The lowest BCUT2D eigenvalue weighted by Crippen LogP contribution is -2.47. The molecule has 0 unspecified atom stereocenters. The standard InChI is InChI=1S/C21H28Cl2N4O/c1-13(2)19-18(21(28)26-10-8-25(5)9-11-26)20(14(3)4)27(24-19)15-6-7-16(22)17(23)12-15/h6-7,12-14H,8-11H2,1-5H3. The van der Waals surface area contributed by atoms with E-state index in [0.717, 1.165) is 48.8 Å². The molecule has 1 aliphatic heterocycles. The van der Waals surface area contributed by atoms with Crippen LogP contribution in [0.25, 0.3) is 5.69 Å². The van der Waals surface area contributed by atoms with Crippen LogP contribution in [0.3, 0.4) is 0 Å². The van der Waals surface area contributed by atoms with E-state index in [4.69, 9.17) is 28.3 Å². The maximum atomic E-state index is 13.5. The topological polar surface area (TPSA) is 41.4 Å². The fourth-order valence-corrected chi connectivity index (χ4v) is 3.88. The summed E-state index contributed by atoms with van der Waals surface area (Å²) >= 11 is 12.3. The number of halogens is 2. The maximum absolute atomic E-state index is 13.5. The summed E-state index contributed by atoms with van der Waals surface area (Å²) in [6, 6.07) is 5.46. The third-order valence-electron chi connectivity index (χ3n) is 5.19. The molecule has 1 fully saturated rings. The van der Waals surface area contributed by atoms with Crippen molar-refractivity contribution in [1.82, 2.24) is 19.6 Å². The van der Waals surface area contributed by atoms with Crippen LogP contribution in [0.15, 0.2) is 18.2 Å². The Morgan fingerprint density at radius 2 is 1.64 bits per heavy atom. The highest BCUT2D eigenvalue weighted by Gasteiger charge is 2.31. The van der Waals surface area contributed by atoms with E-state index in [1.807, 2.05) is 15.6 Å². The normalized spacial score (nSPS) is 15.7. The van der Waals surface area contributed by atoms with Gasteiger partial charge in [-0.2, -0.15) is 5.10 Å². The first-order chi connectivity index (χ1) is 13.2. The van der Waals surface area contributed by atoms with Crippen molar-refractivity contribution >= 4 is 29.1 Å². The third kappa shape index (κ3) is 4.07. The molecule has 5 nitrogen and oxygen atoms in total. The highest BCUT2D eigenvalue weighted by atomic mass is 35.5. The van der Waals surface area contributed by atoms with Gasteiger partial charge in [0.15, 0.2) is 0 Å². The summed E-state index contributed by atoms with van der Waals surface area (Å²) in [5, 5.41) is 5.84. The lowest BCUT2D eigenvalue weighted by molar-refractivity contribution is 0.0661. The number of benzene rings is 1. The molecule has 0 atom stereocenters. The number of aromatic nitrogens is 2. The third-order valence-corrected chi connectivity index (χ3v) is 5.93. The quantitative estimate of drug-likeness (QED) is 0.709. The highest BCUT2D eigenvalue weighted by Crippen LogP contribution is 2.33. The predicted molar refractivity (Wildman–Crippen MR) is 115 cm³/mol. The SMILES string of the molecule is CC(C)c1nn(-c2ccc(Cl)c(Cl)c2)c(C(C)C)c1C(=O)N1CCN(C)CC1. The van der Waals surface area contributed by atoms with Crippen LogP contribution in [0.4, 0.5) is 0 Å². The van der Waals surface area contributed by atoms with Crippen LogP contribution < -0.4 is 0 Å². The van der Waals surface area contributed by atoms with Crippen LogP contribution in [0.2, 0.25) is 10.0 Å². The van der Waals surface area contributed by atoms with Crippen molar-refractivity contribution in [2.75, 3.05) is 33.2 Å². The Morgan fingerprint density at radius 1 is 1.00 bits per heavy atom. The maximum Gasteiger partial charge on any atom is 0.257 e. The Labute approximate surface area is 177 Å². The Morgan fingerprint density at radius 3 is 2.18 bits per heavy atom. The van der Waals surface area contributed by atoms with E-state index in [1.165, 1.54) is 0 Å². The summed E-state index contributed by atoms with van der Waals surface area (Å²) in [5.74, 6) is 0.334. The number of likely N-dealkylation sites (N-methyl/N-ethyl adjacent to an activating group) is 1. The van der Waals surface area contributed by atoms with Gasteiger partial charge in [-0.05, 0) is 37.1 Å².